The van der Waals surface area contributed by atoms with Crippen molar-refractivity contribution in [2.45, 2.75) is 19.3 Å². The van der Waals surface area contributed by atoms with Gasteiger partial charge in [0.1, 0.15) is 6.26 Å². The van der Waals surface area contributed by atoms with E-state index in [1.54, 1.807) is 6.26 Å². The number of aromatic nitrogens is 1. The summed E-state index contributed by atoms with van der Waals surface area (Å²) < 4.78 is 5.37. The molecule has 0 aliphatic rings. The lowest BCUT2D eigenvalue weighted by atomic mass is 10.1. The van der Waals surface area contributed by atoms with Gasteiger partial charge >= 0.3 is 0 Å². The second kappa shape index (κ2) is 5.47. The number of nitrogens with zero attached hydrogens (tertiary/aromatic N) is 1. The van der Waals surface area contributed by atoms with Crippen molar-refractivity contribution in [3.05, 3.63) is 53.7 Å². The van der Waals surface area contributed by atoms with E-state index in [0.717, 1.165) is 30.8 Å². The van der Waals surface area contributed by atoms with Crippen LogP contribution in [-0.2, 0) is 12.8 Å². The van der Waals surface area contributed by atoms with E-state index >= 15 is 0 Å². The molecule has 1 heterocycles. The number of benzene rings is 1. The first kappa shape index (κ1) is 10.9. The van der Waals surface area contributed by atoms with E-state index in [1.807, 2.05) is 18.2 Å². The van der Waals surface area contributed by atoms with Crippen LogP contribution >= 0.6 is 0 Å². The number of aliphatic hydroxyl groups excluding tert-OH is 1. The van der Waals surface area contributed by atoms with Crippen LogP contribution in [0, 0.1) is 0 Å². The van der Waals surface area contributed by atoms with Gasteiger partial charge in [0.25, 0.3) is 0 Å². The van der Waals surface area contributed by atoms with Crippen LogP contribution in [0.2, 0.25) is 0 Å². The standard InChI is InChI=1S/C13H15NO2/c15-8-4-7-12-10-16-13(14-12)9-11-5-2-1-3-6-11/h1-3,5-6,10,15H,4,7-9H2. The quantitative estimate of drug-likeness (QED) is 0.835. The van der Waals surface area contributed by atoms with E-state index in [1.165, 1.54) is 5.56 Å². The zero-order valence-electron chi connectivity index (χ0n) is 9.10. The molecular weight excluding hydrogens is 202 g/mol. The highest BCUT2D eigenvalue weighted by Crippen LogP contribution is 2.10. The summed E-state index contributed by atoms with van der Waals surface area (Å²) in [6, 6.07) is 10.1. The topological polar surface area (TPSA) is 46.3 Å². The van der Waals surface area contributed by atoms with Crippen LogP contribution in [0.3, 0.4) is 0 Å². The largest absolute Gasteiger partial charge is 0.448 e. The molecule has 0 amide bonds. The Balaban J connectivity index is 1.97. The molecule has 2 rings (SSSR count). The molecule has 0 aliphatic carbocycles. The van der Waals surface area contributed by atoms with Crippen LogP contribution in [-0.4, -0.2) is 16.7 Å². The van der Waals surface area contributed by atoms with E-state index < -0.39 is 0 Å². The van der Waals surface area contributed by atoms with Crippen molar-refractivity contribution in [1.29, 1.82) is 0 Å². The Morgan fingerprint density at radius 2 is 2.00 bits per heavy atom. The van der Waals surface area contributed by atoms with Crippen molar-refractivity contribution in [2.75, 3.05) is 6.61 Å². The number of rotatable bonds is 5. The third kappa shape index (κ3) is 2.94. The third-order valence-electron chi connectivity index (χ3n) is 2.39. The summed E-state index contributed by atoms with van der Waals surface area (Å²) in [5.41, 5.74) is 2.11. The van der Waals surface area contributed by atoms with Crippen molar-refractivity contribution in [2.24, 2.45) is 0 Å². The van der Waals surface area contributed by atoms with Gasteiger partial charge in [-0.2, -0.15) is 0 Å². The first-order valence-corrected chi connectivity index (χ1v) is 5.46. The molecule has 0 saturated heterocycles. The van der Waals surface area contributed by atoms with Gasteiger partial charge in [0, 0.05) is 13.0 Å². The van der Waals surface area contributed by atoms with Crippen molar-refractivity contribution in [1.82, 2.24) is 4.98 Å². The molecule has 16 heavy (non-hydrogen) atoms. The summed E-state index contributed by atoms with van der Waals surface area (Å²) in [5.74, 6) is 0.735. The average Bonchev–Trinajstić information content (AvgIpc) is 2.75. The van der Waals surface area contributed by atoms with Crippen LogP contribution in [0.5, 0.6) is 0 Å². The minimum atomic E-state index is 0.195. The first-order valence-electron chi connectivity index (χ1n) is 5.46. The normalized spacial score (nSPS) is 10.6. The Bertz CT molecular complexity index is 423. The molecule has 2 aromatic rings. The molecule has 1 aromatic carbocycles. The molecular formula is C13H15NO2. The fourth-order valence-electron chi connectivity index (χ4n) is 1.58. The smallest absolute Gasteiger partial charge is 0.198 e. The fraction of sp³-hybridized carbons (Fsp3) is 0.308. The highest BCUT2D eigenvalue weighted by Gasteiger charge is 2.04. The van der Waals surface area contributed by atoms with Crippen molar-refractivity contribution < 1.29 is 9.52 Å². The van der Waals surface area contributed by atoms with Crippen LogP contribution in [0.25, 0.3) is 0 Å². The lowest BCUT2D eigenvalue weighted by Crippen LogP contribution is -1.91. The summed E-state index contributed by atoms with van der Waals surface area (Å²) in [4.78, 5) is 4.37. The highest BCUT2D eigenvalue weighted by atomic mass is 16.3. The molecule has 0 saturated carbocycles. The number of hydrogen-bond acceptors (Lipinski definition) is 3. The van der Waals surface area contributed by atoms with E-state index in [4.69, 9.17) is 9.52 Å². The number of hydrogen-bond donors (Lipinski definition) is 1. The summed E-state index contributed by atoms with van der Waals surface area (Å²) in [7, 11) is 0. The van der Waals surface area contributed by atoms with E-state index in [0.29, 0.717) is 0 Å². The Morgan fingerprint density at radius 1 is 1.19 bits per heavy atom. The maximum atomic E-state index is 8.71. The Kier molecular flexibility index (Phi) is 3.72. The van der Waals surface area contributed by atoms with Gasteiger partial charge in [-0.05, 0) is 18.4 Å². The maximum absolute atomic E-state index is 8.71. The monoisotopic (exact) mass is 217 g/mol. The highest BCUT2D eigenvalue weighted by molar-refractivity contribution is 5.18. The summed E-state index contributed by atoms with van der Waals surface area (Å²) in [6.07, 6.45) is 3.90. The second-order valence-corrected chi connectivity index (χ2v) is 3.72. The van der Waals surface area contributed by atoms with Crippen molar-refractivity contribution >= 4 is 0 Å². The van der Waals surface area contributed by atoms with Gasteiger partial charge < -0.3 is 9.52 Å². The van der Waals surface area contributed by atoms with Gasteiger partial charge in [-0.1, -0.05) is 30.3 Å². The van der Waals surface area contributed by atoms with Gasteiger partial charge in [-0.3, -0.25) is 0 Å². The first-order chi connectivity index (χ1) is 7.88. The molecule has 0 atom stereocenters. The van der Waals surface area contributed by atoms with E-state index in [-0.39, 0.29) is 6.61 Å². The fourth-order valence-corrected chi connectivity index (χ4v) is 1.58. The second-order valence-electron chi connectivity index (χ2n) is 3.72. The molecule has 3 nitrogen and oxygen atoms in total. The molecule has 0 spiro atoms. The lowest BCUT2D eigenvalue weighted by molar-refractivity contribution is 0.288. The van der Waals surface area contributed by atoms with E-state index in [9.17, 15) is 0 Å². The lowest BCUT2D eigenvalue weighted by Gasteiger charge is -1.95. The van der Waals surface area contributed by atoms with Crippen LogP contribution in [0.1, 0.15) is 23.6 Å². The number of aryl methyl sites for hydroxylation is 1. The van der Waals surface area contributed by atoms with Crippen LogP contribution in [0.4, 0.5) is 0 Å². The Labute approximate surface area is 94.8 Å². The predicted octanol–water partition coefficient (Wildman–Crippen LogP) is 2.19. The van der Waals surface area contributed by atoms with Gasteiger partial charge in [-0.15, -0.1) is 0 Å². The number of oxazole rings is 1. The zero-order valence-corrected chi connectivity index (χ0v) is 9.10. The minimum Gasteiger partial charge on any atom is -0.448 e. The van der Waals surface area contributed by atoms with Gasteiger partial charge in [0.15, 0.2) is 5.89 Å². The molecule has 0 bridgehead atoms. The Morgan fingerprint density at radius 3 is 2.75 bits per heavy atom. The van der Waals surface area contributed by atoms with Crippen LogP contribution in [0.15, 0.2) is 41.0 Å². The van der Waals surface area contributed by atoms with Gasteiger partial charge in [-0.25, -0.2) is 4.98 Å². The summed E-state index contributed by atoms with van der Waals surface area (Å²) in [5, 5.41) is 8.71. The third-order valence-corrected chi connectivity index (χ3v) is 2.39. The maximum Gasteiger partial charge on any atom is 0.198 e. The molecule has 1 N–H and O–H groups in total. The molecule has 84 valence electrons. The Hall–Kier alpha value is -1.61. The molecule has 1 aromatic heterocycles. The zero-order chi connectivity index (χ0) is 11.2. The number of aliphatic hydroxyl groups is 1. The average molecular weight is 217 g/mol. The van der Waals surface area contributed by atoms with Gasteiger partial charge in [0.05, 0.1) is 5.69 Å². The van der Waals surface area contributed by atoms with Gasteiger partial charge in [0.2, 0.25) is 0 Å². The predicted molar refractivity (Wildman–Crippen MR) is 61.2 cm³/mol. The van der Waals surface area contributed by atoms with Crippen molar-refractivity contribution in [3.63, 3.8) is 0 Å². The summed E-state index contributed by atoms with van der Waals surface area (Å²) >= 11 is 0. The molecule has 0 unspecified atom stereocenters. The van der Waals surface area contributed by atoms with Crippen LogP contribution < -0.4 is 0 Å². The molecule has 0 radical (unpaired) electrons. The van der Waals surface area contributed by atoms with E-state index in [2.05, 4.69) is 17.1 Å². The summed E-state index contributed by atoms with van der Waals surface area (Å²) in [6.45, 7) is 0.195. The SMILES string of the molecule is OCCCc1coc(Cc2ccccc2)n1. The van der Waals surface area contributed by atoms with Crippen molar-refractivity contribution in [3.8, 4) is 0 Å². The molecule has 0 fully saturated rings. The molecule has 0 aliphatic heterocycles. The minimum absolute atomic E-state index is 0.195. The molecule has 3 heteroatoms.